The first kappa shape index (κ1) is 12.0. The van der Waals surface area contributed by atoms with Gasteiger partial charge in [-0.3, -0.25) is 0 Å². The van der Waals surface area contributed by atoms with Crippen LogP contribution in [0.3, 0.4) is 0 Å². The van der Waals surface area contributed by atoms with E-state index in [2.05, 4.69) is 19.2 Å². The maximum absolute atomic E-state index is 13.2. The van der Waals surface area contributed by atoms with Crippen LogP contribution in [-0.2, 0) is 0 Å². The Hall–Kier alpha value is -1.12. The van der Waals surface area contributed by atoms with E-state index in [-0.39, 0.29) is 5.69 Å². The summed E-state index contributed by atoms with van der Waals surface area (Å²) in [5, 5.41) is 2.92. The van der Waals surface area contributed by atoms with Crippen LogP contribution in [0, 0.1) is 17.6 Å². The molecule has 0 amide bonds. The lowest BCUT2D eigenvalue weighted by molar-refractivity contribution is 0.546. The van der Waals surface area contributed by atoms with Crippen LogP contribution in [0.15, 0.2) is 18.2 Å². The Morgan fingerprint density at radius 3 is 2.73 bits per heavy atom. The van der Waals surface area contributed by atoms with E-state index >= 15 is 0 Å². The van der Waals surface area contributed by atoms with Crippen molar-refractivity contribution in [2.45, 2.75) is 26.7 Å². The van der Waals surface area contributed by atoms with Gasteiger partial charge >= 0.3 is 0 Å². The van der Waals surface area contributed by atoms with Crippen LogP contribution in [0.5, 0.6) is 0 Å². The molecule has 0 aromatic heterocycles. The molecule has 0 saturated carbocycles. The van der Waals surface area contributed by atoms with Crippen LogP contribution in [0.25, 0.3) is 0 Å². The Balaban J connectivity index is 2.53. The fraction of sp³-hybridized carbons (Fsp3) is 0.500. The van der Waals surface area contributed by atoms with E-state index in [9.17, 15) is 8.78 Å². The SMILES string of the molecule is CCCC(C)CNc1cc(F)ccc1F. The standard InChI is InChI=1S/C12H17F2N/c1-3-4-9(2)8-15-12-7-10(13)5-6-11(12)14/h5-7,9,15H,3-4,8H2,1-2H3. The van der Waals surface area contributed by atoms with Gasteiger partial charge in [-0.1, -0.05) is 20.3 Å². The Bertz CT molecular complexity index is 312. The van der Waals surface area contributed by atoms with Gasteiger partial charge in [0.1, 0.15) is 11.6 Å². The molecule has 0 radical (unpaired) electrons. The third kappa shape index (κ3) is 3.86. The highest BCUT2D eigenvalue weighted by Gasteiger charge is 2.05. The largest absolute Gasteiger partial charge is 0.382 e. The molecule has 1 unspecified atom stereocenters. The highest BCUT2D eigenvalue weighted by atomic mass is 19.1. The molecule has 0 aliphatic rings. The summed E-state index contributed by atoms with van der Waals surface area (Å²) in [5.74, 6) is -0.347. The second-order valence-corrected chi connectivity index (χ2v) is 3.90. The van der Waals surface area contributed by atoms with Crippen molar-refractivity contribution in [1.29, 1.82) is 0 Å². The molecule has 1 aromatic rings. The lowest BCUT2D eigenvalue weighted by Crippen LogP contribution is -2.12. The van der Waals surface area contributed by atoms with E-state index in [1.807, 2.05) is 0 Å². The molecule has 1 nitrogen and oxygen atoms in total. The van der Waals surface area contributed by atoms with E-state index < -0.39 is 11.6 Å². The zero-order valence-corrected chi connectivity index (χ0v) is 9.19. The van der Waals surface area contributed by atoms with Crippen molar-refractivity contribution in [3.63, 3.8) is 0 Å². The van der Waals surface area contributed by atoms with Gasteiger partial charge in [0, 0.05) is 6.54 Å². The minimum Gasteiger partial charge on any atom is -0.382 e. The van der Waals surface area contributed by atoms with Crippen LogP contribution < -0.4 is 5.32 Å². The molecule has 0 aliphatic heterocycles. The van der Waals surface area contributed by atoms with E-state index in [1.54, 1.807) is 0 Å². The first-order valence-electron chi connectivity index (χ1n) is 5.32. The van der Waals surface area contributed by atoms with Crippen LogP contribution in [0.4, 0.5) is 14.5 Å². The van der Waals surface area contributed by atoms with Crippen LogP contribution in [0.2, 0.25) is 0 Å². The third-order valence-electron chi connectivity index (χ3n) is 2.35. The number of hydrogen-bond donors (Lipinski definition) is 1. The summed E-state index contributed by atoms with van der Waals surface area (Å²) in [6.45, 7) is 4.88. The molecular weight excluding hydrogens is 196 g/mol. The van der Waals surface area contributed by atoms with Crippen molar-refractivity contribution in [2.75, 3.05) is 11.9 Å². The van der Waals surface area contributed by atoms with Gasteiger partial charge in [0.2, 0.25) is 0 Å². The average molecular weight is 213 g/mol. The predicted octanol–water partition coefficient (Wildman–Crippen LogP) is 3.81. The molecule has 0 heterocycles. The minimum atomic E-state index is -0.415. The summed E-state index contributed by atoms with van der Waals surface area (Å²) >= 11 is 0. The fourth-order valence-electron chi connectivity index (χ4n) is 1.51. The molecule has 84 valence electrons. The summed E-state index contributed by atoms with van der Waals surface area (Å²) < 4.78 is 26.0. The van der Waals surface area contributed by atoms with Crippen molar-refractivity contribution >= 4 is 5.69 Å². The first-order chi connectivity index (χ1) is 7.13. The van der Waals surface area contributed by atoms with Crippen molar-refractivity contribution in [2.24, 2.45) is 5.92 Å². The molecule has 1 rings (SSSR count). The Morgan fingerprint density at radius 2 is 2.07 bits per heavy atom. The maximum Gasteiger partial charge on any atom is 0.146 e. The average Bonchev–Trinajstić information content (AvgIpc) is 2.20. The van der Waals surface area contributed by atoms with Gasteiger partial charge in [0.25, 0.3) is 0 Å². The number of rotatable bonds is 5. The number of nitrogens with one attached hydrogen (secondary N) is 1. The van der Waals surface area contributed by atoms with Crippen molar-refractivity contribution in [3.05, 3.63) is 29.8 Å². The van der Waals surface area contributed by atoms with Crippen LogP contribution in [-0.4, -0.2) is 6.54 Å². The van der Waals surface area contributed by atoms with Crippen molar-refractivity contribution in [3.8, 4) is 0 Å². The van der Waals surface area contributed by atoms with Crippen molar-refractivity contribution in [1.82, 2.24) is 0 Å². The van der Waals surface area contributed by atoms with Gasteiger partial charge in [-0.25, -0.2) is 8.78 Å². The molecule has 0 saturated heterocycles. The molecule has 3 heteroatoms. The molecule has 0 bridgehead atoms. The highest BCUT2D eigenvalue weighted by molar-refractivity contribution is 5.44. The second kappa shape index (κ2) is 5.69. The molecule has 0 aliphatic carbocycles. The molecule has 0 fully saturated rings. The van der Waals surface area contributed by atoms with Crippen molar-refractivity contribution < 1.29 is 8.78 Å². The number of hydrogen-bond acceptors (Lipinski definition) is 1. The number of halogens is 2. The molecule has 0 spiro atoms. The van der Waals surface area contributed by atoms with Crippen LogP contribution in [0.1, 0.15) is 26.7 Å². The molecular formula is C12H17F2N. The summed E-state index contributed by atoms with van der Waals surface area (Å²) in [7, 11) is 0. The Kier molecular flexibility index (Phi) is 4.53. The van der Waals surface area contributed by atoms with Gasteiger partial charge in [-0.05, 0) is 30.5 Å². The zero-order valence-electron chi connectivity index (χ0n) is 9.19. The Labute approximate surface area is 89.5 Å². The van der Waals surface area contributed by atoms with Gasteiger partial charge in [0.15, 0.2) is 0 Å². The quantitative estimate of drug-likeness (QED) is 0.784. The van der Waals surface area contributed by atoms with Gasteiger partial charge < -0.3 is 5.32 Å². The molecule has 1 atom stereocenters. The molecule has 1 N–H and O–H groups in total. The van der Waals surface area contributed by atoms with Crippen LogP contribution >= 0.6 is 0 Å². The van der Waals surface area contributed by atoms with Gasteiger partial charge in [-0.2, -0.15) is 0 Å². The fourth-order valence-corrected chi connectivity index (χ4v) is 1.51. The lowest BCUT2D eigenvalue weighted by atomic mass is 10.1. The lowest BCUT2D eigenvalue weighted by Gasteiger charge is -2.13. The predicted molar refractivity (Wildman–Crippen MR) is 58.9 cm³/mol. The summed E-state index contributed by atoms with van der Waals surface area (Å²) in [6.07, 6.45) is 2.19. The first-order valence-corrected chi connectivity index (χ1v) is 5.32. The molecule has 15 heavy (non-hydrogen) atoms. The third-order valence-corrected chi connectivity index (χ3v) is 2.35. The van der Waals surface area contributed by atoms with E-state index in [0.717, 1.165) is 25.0 Å². The highest BCUT2D eigenvalue weighted by Crippen LogP contribution is 2.16. The summed E-state index contributed by atoms with van der Waals surface area (Å²) in [5.41, 5.74) is 0.248. The minimum absolute atomic E-state index is 0.248. The van der Waals surface area contributed by atoms with E-state index in [1.165, 1.54) is 6.07 Å². The Morgan fingerprint density at radius 1 is 1.33 bits per heavy atom. The van der Waals surface area contributed by atoms with E-state index in [4.69, 9.17) is 0 Å². The summed E-state index contributed by atoms with van der Waals surface area (Å²) in [4.78, 5) is 0. The smallest absolute Gasteiger partial charge is 0.146 e. The number of anilines is 1. The number of benzene rings is 1. The van der Waals surface area contributed by atoms with E-state index in [0.29, 0.717) is 12.5 Å². The normalized spacial score (nSPS) is 12.5. The monoisotopic (exact) mass is 213 g/mol. The zero-order chi connectivity index (χ0) is 11.3. The second-order valence-electron chi connectivity index (χ2n) is 3.90. The summed E-state index contributed by atoms with van der Waals surface area (Å²) in [6, 6.07) is 3.45. The molecule has 1 aromatic carbocycles. The van der Waals surface area contributed by atoms with Gasteiger partial charge in [0.05, 0.1) is 5.69 Å². The maximum atomic E-state index is 13.2. The topological polar surface area (TPSA) is 12.0 Å². The van der Waals surface area contributed by atoms with Gasteiger partial charge in [-0.15, -0.1) is 0 Å².